The van der Waals surface area contributed by atoms with E-state index in [1.807, 2.05) is 0 Å². The molecule has 0 radical (unpaired) electrons. The topological polar surface area (TPSA) is 105 Å². The minimum absolute atomic E-state index is 0.198. The van der Waals surface area contributed by atoms with Crippen LogP contribution in [0.1, 0.15) is 10.4 Å². The van der Waals surface area contributed by atoms with E-state index < -0.39 is 5.97 Å². The molecule has 0 aliphatic heterocycles. The lowest BCUT2D eigenvalue weighted by Crippen LogP contribution is -2.06. The zero-order valence-corrected chi connectivity index (χ0v) is 12.0. The van der Waals surface area contributed by atoms with Crippen molar-refractivity contribution in [2.24, 2.45) is 0 Å². The minimum Gasteiger partial charge on any atom is -0.480 e. The van der Waals surface area contributed by atoms with Crippen LogP contribution in [-0.2, 0) is 4.74 Å². The van der Waals surface area contributed by atoms with Gasteiger partial charge >= 0.3 is 5.97 Å². The van der Waals surface area contributed by atoms with Crippen LogP contribution in [-0.4, -0.2) is 39.8 Å². The summed E-state index contributed by atoms with van der Waals surface area (Å²) in [4.78, 5) is 20.0. The first-order chi connectivity index (χ1) is 10.6. The molecule has 0 unspecified atom stereocenters. The number of hydrogen-bond donors (Lipinski definition) is 1. The monoisotopic (exact) mass is 299 g/mol. The summed E-state index contributed by atoms with van der Waals surface area (Å²) in [6.45, 7) is 0. The lowest BCUT2D eigenvalue weighted by molar-refractivity contribution is 0.0596. The number of methoxy groups -OCH3 is 2. The Morgan fingerprint density at radius 3 is 2.86 bits per heavy atom. The van der Waals surface area contributed by atoms with Gasteiger partial charge in [-0.1, -0.05) is 0 Å². The van der Waals surface area contributed by atoms with Crippen LogP contribution < -0.4 is 10.5 Å². The number of fused-ring (bicyclic) bond motifs is 1. The van der Waals surface area contributed by atoms with Crippen LogP contribution in [0.3, 0.4) is 0 Å². The van der Waals surface area contributed by atoms with E-state index in [0.29, 0.717) is 22.7 Å². The molecule has 0 aliphatic rings. The quantitative estimate of drug-likeness (QED) is 0.724. The van der Waals surface area contributed by atoms with Gasteiger partial charge in [-0.25, -0.2) is 19.3 Å². The SMILES string of the molecule is COC(=O)c1cc(-c2ccc3nc(N)cn3n2)cnc1OC. The van der Waals surface area contributed by atoms with Crippen LogP contribution in [0.2, 0.25) is 0 Å². The average molecular weight is 299 g/mol. The van der Waals surface area contributed by atoms with Gasteiger partial charge in [-0.2, -0.15) is 5.10 Å². The average Bonchev–Trinajstić information content (AvgIpc) is 2.92. The number of nitrogens with two attached hydrogens (primary N) is 1. The number of nitrogen functional groups attached to an aromatic ring is 1. The molecule has 112 valence electrons. The Morgan fingerprint density at radius 2 is 2.14 bits per heavy atom. The van der Waals surface area contributed by atoms with Crippen LogP contribution >= 0.6 is 0 Å². The number of rotatable bonds is 3. The van der Waals surface area contributed by atoms with E-state index in [1.165, 1.54) is 14.2 Å². The fourth-order valence-corrected chi connectivity index (χ4v) is 2.07. The van der Waals surface area contributed by atoms with Crippen LogP contribution in [0.15, 0.2) is 30.6 Å². The zero-order valence-electron chi connectivity index (χ0n) is 12.0. The van der Waals surface area contributed by atoms with Gasteiger partial charge in [0.05, 0.1) is 26.1 Å². The van der Waals surface area contributed by atoms with Crippen molar-refractivity contribution in [2.45, 2.75) is 0 Å². The van der Waals surface area contributed by atoms with E-state index in [2.05, 4.69) is 15.1 Å². The number of anilines is 1. The maximum absolute atomic E-state index is 11.8. The molecule has 3 heterocycles. The molecule has 0 saturated heterocycles. The van der Waals surface area contributed by atoms with Gasteiger partial charge in [0.15, 0.2) is 5.65 Å². The number of aromatic nitrogens is 4. The normalized spacial score (nSPS) is 10.6. The van der Waals surface area contributed by atoms with Crippen molar-refractivity contribution in [3.8, 4) is 17.1 Å². The molecule has 0 aromatic carbocycles. The molecule has 0 aliphatic carbocycles. The molecular formula is C14H13N5O3. The van der Waals surface area contributed by atoms with E-state index in [4.69, 9.17) is 15.2 Å². The predicted octanol–water partition coefficient (Wildman–Crippen LogP) is 1.17. The molecule has 3 rings (SSSR count). The molecule has 3 aromatic rings. The third-order valence-corrected chi connectivity index (χ3v) is 3.08. The Labute approximate surface area is 125 Å². The van der Waals surface area contributed by atoms with Gasteiger partial charge in [0.2, 0.25) is 5.88 Å². The summed E-state index contributed by atoms with van der Waals surface area (Å²) < 4.78 is 11.4. The summed E-state index contributed by atoms with van der Waals surface area (Å²) in [5.41, 5.74) is 7.77. The first kappa shape index (κ1) is 13.8. The van der Waals surface area contributed by atoms with Crippen molar-refractivity contribution in [2.75, 3.05) is 20.0 Å². The number of esters is 1. The van der Waals surface area contributed by atoms with E-state index in [9.17, 15) is 4.79 Å². The van der Waals surface area contributed by atoms with Gasteiger partial charge in [0, 0.05) is 11.8 Å². The first-order valence-corrected chi connectivity index (χ1v) is 6.37. The Balaban J connectivity index is 2.11. The van der Waals surface area contributed by atoms with Crippen molar-refractivity contribution in [1.29, 1.82) is 0 Å². The van der Waals surface area contributed by atoms with Gasteiger partial charge < -0.3 is 15.2 Å². The number of nitrogens with zero attached hydrogens (tertiary/aromatic N) is 4. The number of hydrogen-bond acceptors (Lipinski definition) is 7. The second-order valence-corrected chi connectivity index (χ2v) is 4.46. The summed E-state index contributed by atoms with van der Waals surface area (Å²) in [7, 11) is 2.74. The summed E-state index contributed by atoms with van der Waals surface area (Å²) in [5, 5.41) is 4.39. The molecule has 22 heavy (non-hydrogen) atoms. The van der Waals surface area contributed by atoms with Crippen molar-refractivity contribution in [3.05, 3.63) is 36.2 Å². The number of carbonyl (C=O) groups excluding carboxylic acids is 1. The Kier molecular flexibility index (Phi) is 3.34. The molecule has 0 amide bonds. The largest absolute Gasteiger partial charge is 0.480 e. The lowest BCUT2D eigenvalue weighted by atomic mass is 10.1. The Hall–Kier alpha value is -3.16. The lowest BCUT2D eigenvalue weighted by Gasteiger charge is -2.08. The van der Waals surface area contributed by atoms with Crippen LogP contribution in [0, 0.1) is 0 Å². The molecule has 0 saturated carbocycles. The second-order valence-electron chi connectivity index (χ2n) is 4.46. The third-order valence-electron chi connectivity index (χ3n) is 3.08. The first-order valence-electron chi connectivity index (χ1n) is 6.37. The van der Waals surface area contributed by atoms with E-state index in [1.54, 1.807) is 35.1 Å². The van der Waals surface area contributed by atoms with Crippen molar-refractivity contribution in [3.63, 3.8) is 0 Å². The highest BCUT2D eigenvalue weighted by Gasteiger charge is 2.16. The molecule has 0 atom stereocenters. The standard InChI is InChI=1S/C14H13N5O3/c1-21-13-9(14(20)22-2)5-8(6-16-13)10-3-4-12-17-11(15)7-19(12)18-10/h3-7H,15H2,1-2H3. The number of imidazole rings is 1. The van der Waals surface area contributed by atoms with Crippen molar-refractivity contribution < 1.29 is 14.3 Å². The van der Waals surface area contributed by atoms with E-state index in [-0.39, 0.29) is 11.4 Å². The number of carbonyl (C=O) groups is 1. The molecule has 8 heteroatoms. The molecule has 0 fully saturated rings. The fourth-order valence-electron chi connectivity index (χ4n) is 2.07. The zero-order chi connectivity index (χ0) is 15.7. The highest BCUT2D eigenvalue weighted by atomic mass is 16.5. The summed E-state index contributed by atoms with van der Waals surface area (Å²) in [5.74, 6) is 0.0514. The van der Waals surface area contributed by atoms with Gasteiger partial charge in [-0.3, -0.25) is 0 Å². The summed E-state index contributed by atoms with van der Waals surface area (Å²) >= 11 is 0. The highest BCUT2D eigenvalue weighted by molar-refractivity contribution is 5.93. The maximum Gasteiger partial charge on any atom is 0.343 e. The van der Waals surface area contributed by atoms with Gasteiger partial charge in [0.25, 0.3) is 0 Å². The minimum atomic E-state index is -0.529. The Morgan fingerprint density at radius 1 is 1.32 bits per heavy atom. The molecule has 8 nitrogen and oxygen atoms in total. The fraction of sp³-hybridized carbons (Fsp3) is 0.143. The van der Waals surface area contributed by atoms with Crippen LogP contribution in [0.25, 0.3) is 16.9 Å². The van der Waals surface area contributed by atoms with Crippen LogP contribution in [0.5, 0.6) is 5.88 Å². The third kappa shape index (κ3) is 2.30. The highest BCUT2D eigenvalue weighted by Crippen LogP contribution is 2.24. The summed E-state index contributed by atoms with van der Waals surface area (Å²) in [6, 6.07) is 5.17. The smallest absolute Gasteiger partial charge is 0.343 e. The molecular weight excluding hydrogens is 286 g/mol. The number of ether oxygens (including phenoxy) is 2. The van der Waals surface area contributed by atoms with Crippen molar-refractivity contribution >= 4 is 17.4 Å². The van der Waals surface area contributed by atoms with E-state index >= 15 is 0 Å². The molecule has 2 N–H and O–H groups in total. The number of pyridine rings is 1. The van der Waals surface area contributed by atoms with Crippen molar-refractivity contribution in [1.82, 2.24) is 19.6 Å². The van der Waals surface area contributed by atoms with Gasteiger partial charge in [-0.15, -0.1) is 0 Å². The molecule has 0 spiro atoms. The maximum atomic E-state index is 11.8. The van der Waals surface area contributed by atoms with Gasteiger partial charge in [0.1, 0.15) is 11.4 Å². The van der Waals surface area contributed by atoms with Gasteiger partial charge in [-0.05, 0) is 18.2 Å². The predicted molar refractivity (Wildman–Crippen MR) is 78.5 cm³/mol. The summed E-state index contributed by atoms with van der Waals surface area (Å²) in [6.07, 6.45) is 3.18. The molecule has 3 aromatic heterocycles. The van der Waals surface area contributed by atoms with Crippen LogP contribution in [0.4, 0.5) is 5.82 Å². The Bertz CT molecular complexity index is 859. The van der Waals surface area contributed by atoms with E-state index in [0.717, 1.165) is 0 Å². The second kappa shape index (κ2) is 5.32. The molecule has 0 bridgehead atoms.